The highest BCUT2D eigenvalue weighted by molar-refractivity contribution is 7.91. The number of hydrogen-bond acceptors (Lipinski definition) is 7. The molecule has 0 unspecified atom stereocenters. The van der Waals surface area contributed by atoms with E-state index in [1.54, 1.807) is 37.1 Å². The number of carbonyl (C=O) groups is 1. The first-order chi connectivity index (χ1) is 14.9. The van der Waals surface area contributed by atoms with Crippen LogP contribution in [0.5, 0.6) is 5.75 Å². The van der Waals surface area contributed by atoms with Crippen molar-refractivity contribution in [3.63, 3.8) is 0 Å². The molecular formula is C22H23N3O5S. The summed E-state index contributed by atoms with van der Waals surface area (Å²) in [6.45, 7) is 2.26. The fourth-order valence-corrected chi connectivity index (χ4v) is 5.24. The number of carbonyl (C=O) groups excluding carboxylic acids is 1. The second kappa shape index (κ2) is 8.50. The van der Waals surface area contributed by atoms with Crippen molar-refractivity contribution in [3.8, 4) is 17.2 Å². The number of ether oxygens (including phenoxy) is 1. The van der Waals surface area contributed by atoms with E-state index in [1.807, 2.05) is 18.2 Å². The number of anilines is 1. The maximum absolute atomic E-state index is 13.0. The molecule has 9 heteroatoms. The number of aryl methyl sites for hydroxylation is 1. The first-order valence-electron chi connectivity index (χ1n) is 9.99. The Kier molecular flexibility index (Phi) is 5.77. The van der Waals surface area contributed by atoms with Gasteiger partial charge in [-0.1, -0.05) is 23.4 Å². The maximum Gasteiger partial charge on any atom is 0.259 e. The lowest BCUT2D eigenvalue weighted by atomic mass is 10.1. The van der Waals surface area contributed by atoms with Gasteiger partial charge in [-0.05, 0) is 43.5 Å². The zero-order chi connectivity index (χ0) is 22.0. The van der Waals surface area contributed by atoms with Crippen molar-refractivity contribution in [1.82, 2.24) is 10.1 Å². The molecule has 31 heavy (non-hydrogen) atoms. The molecule has 2 heterocycles. The Morgan fingerprint density at radius 1 is 1.23 bits per heavy atom. The smallest absolute Gasteiger partial charge is 0.259 e. The number of amides is 1. The monoisotopic (exact) mass is 441 g/mol. The Morgan fingerprint density at radius 2 is 2.03 bits per heavy atom. The lowest BCUT2D eigenvalue weighted by Crippen LogP contribution is -2.29. The molecule has 0 fully saturated rings. The molecule has 162 valence electrons. The molecule has 3 aromatic rings. The molecule has 0 atom stereocenters. The predicted octanol–water partition coefficient (Wildman–Crippen LogP) is 3.20. The lowest BCUT2D eigenvalue weighted by Gasteiger charge is -2.18. The third-order valence-corrected chi connectivity index (χ3v) is 7.13. The Balaban J connectivity index is 1.45. The summed E-state index contributed by atoms with van der Waals surface area (Å²) >= 11 is 0. The van der Waals surface area contributed by atoms with E-state index >= 15 is 0 Å². The predicted molar refractivity (Wildman–Crippen MR) is 115 cm³/mol. The van der Waals surface area contributed by atoms with Gasteiger partial charge >= 0.3 is 0 Å². The van der Waals surface area contributed by atoms with E-state index < -0.39 is 9.84 Å². The van der Waals surface area contributed by atoms with E-state index in [0.29, 0.717) is 23.7 Å². The molecule has 0 N–H and O–H groups in total. The van der Waals surface area contributed by atoms with E-state index in [-0.39, 0.29) is 35.3 Å². The van der Waals surface area contributed by atoms with Crippen LogP contribution in [0.15, 0.2) is 51.9 Å². The number of benzene rings is 2. The number of sulfone groups is 1. The van der Waals surface area contributed by atoms with Gasteiger partial charge in [0, 0.05) is 19.0 Å². The molecule has 4 rings (SSSR count). The highest BCUT2D eigenvalue weighted by Gasteiger charge is 2.26. The molecular weight excluding hydrogens is 418 g/mol. The van der Waals surface area contributed by atoms with Gasteiger partial charge in [0.05, 0.1) is 29.0 Å². The molecule has 0 bridgehead atoms. The van der Waals surface area contributed by atoms with Crippen molar-refractivity contribution in [2.75, 3.05) is 24.3 Å². The summed E-state index contributed by atoms with van der Waals surface area (Å²) in [6, 6.07) is 12.2. The molecule has 0 aliphatic carbocycles. The molecule has 8 nitrogen and oxygen atoms in total. The Labute approximate surface area is 180 Å². The van der Waals surface area contributed by atoms with Crippen LogP contribution >= 0.6 is 0 Å². The number of aromatic nitrogens is 2. The van der Waals surface area contributed by atoms with Crippen molar-refractivity contribution >= 4 is 21.4 Å². The third-order valence-electron chi connectivity index (χ3n) is 5.27. The zero-order valence-electron chi connectivity index (χ0n) is 17.4. The zero-order valence-corrected chi connectivity index (χ0v) is 18.2. The highest BCUT2D eigenvalue weighted by Crippen LogP contribution is 2.32. The van der Waals surface area contributed by atoms with Gasteiger partial charge in [0.25, 0.3) is 5.89 Å². The SMILES string of the molecule is COc1ccc2c(c1)N(C(=O)CCCS(=O)(=O)c1ccccc1-c1nc(C)no1)CC2. The number of hydrogen-bond donors (Lipinski definition) is 0. The summed E-state index contributed by atoms with van der Waals surface area (Å²) in [5, 5.41) is 3.74. The number of fused-ring (bicyclic) bond motifs is 1. The van der Waals surface area contributed by atoms with Crippen LogP contribution in [-0.2, 0) is 21.1 Å². The highest BCUT2D eigenvalue weighted by atomic mass is 32.2. The van der Waals surface area contributed by atoms with E-state index in [9.17, 15) is 13.2 Å². The first-order valence-corrected chi connectivity index (χ1v) is 11.6. The van der Waals surface area contributed by atoms with Crippen LogP contribution in [0.2, 0.25) is 0 Å². The summed E-state index contributed by atoms with van der Waals surface area (Å²) in [7, 11) is -2.05. The second-order valence-corrected chi connectivity index (χ2v) is 9.43. The van der Waals surface area contributed by atoms with Crippen molar-refractivity contribution in [3.05, 3.63) is 53.9 Å². The summed E-state index contributed by atoms with van der Waals surface area (Å²) < 4.78 is 36.4. The van der Waals surface area contributed by atoms with E-state index in [1.165, 1.54) is 6.07 Å². The van der Waals surface area contributed by atoms with Gasteiger partial charge in [-0.15, -0.1) is 0 Å². The van der Waals surface area contributed by atoms with Crippen molar-refractivity contribution < 1.29 is 22.5 Å². The summed E-state index contributed by atoms with van der Waals surface area (Å²) in [4.78, 5) is 18.8. The van der Waals surface area contributed by atoms with Gasteiger partial charge in [0.2, 0.25) is 5.91 Å². The molecule has 0 spiro atoms. The molecule has 0 saturated carbocycles. The van der Waals surface area contributed by atoms with Crippen LogP contribution in [0.1, 0.15) is 24.2 Å². The van der Waals surface area contributed by atoms with Gasteiger partial charge < -0.3 is 14.2 Å². The van der Waals surface area contributed by atoms with Crippen LogP contribution in [0, 0.1) is 6.92 Å². The number of methoxy groups -OCH3 is 1. The van der Waals surface area contributed by atoms with Crippen LogP contribution in [0.25, 0.3) is 11.5 Å². The molecule has 1 aliphatic rings. The second-order valence-electron chi connectivity index (χ2n) is 7.36. The number of rotatable bonds is 7. The van der Waals surface area contributed by atoms with Crippen LogP contribution < -0.4 is 9.64 Å². The van der Waals surface area contributed by atoms with Gasteiger partial charge in [-0.25, -0.2) is 8.42 Å². The summed E-state index contributed by atoms with van der Waals surface area (Å²) in [5.41, 5.74) is 2.30. The Morgan fingerprint density at radius 3 is 2.77 bits per heavy atom. The molecule has 0 radical (unpaired) electrons. The molecule has 1 aromatic heterocycles. The summed E-state index contributed by atoms with van der Waals surface area (Å²) in [5.74, 6) is 1.03. The minimum Gasteiger partial charge on any atom is -0.497 e. The van der Waals surface area contributed by atoms with Crippen molar-refractivity contribution in [2.24, 2.45) is 0 Å². The largest absolute Gasteiger partial charge is 0.497 e. The van der Waals surface area contributed by atoms with Gasteiger partial charge in [-0.2, -0.15) is 4.98 Å². The van der Waals surface area contributed by atoms with Crippen LogP contribution in [0.4, 0.5) is 5.69 Å². The summed E-state index contributed by atoms with van der Waals surface area (Å²) in [6.07, 6.45) is 1.13. The average Bonchev–Trinajstić information content (AvgIpc) is 3.39. The average molecular weight is 442 g/mol. The minimum atomic E-state index is -3.64. The quantitative estimate of drug-likeness (QED) is 0.555. The Hall–Kier alpha value is -3.20. The normalized spacial score (nSPS) is 13.3. The van der Waals surface area contributed by atoms with Gasteiger partial charge in [0.15, 0.2) is 15.7 Å². The molecule has 2 aromatic carbocycles. The maximum atomic E-state index is 13.0. The van der Waals surface area contributed by atoms with Gasteiger partial charge in [-0.3, -0.25) is 4.79 Å². The van der Waals surface area contributed by atoms with Gasteiger partial charge in [0.1, 0.15) is 5.75 Å². The van der Waals surface area contributed by atoms with E-state index in [2.05, 4.69) is 10.1 Å². The van der Waals surface area contributed by atoms with Crippen molar-refractivity contribution in [1.29, 1.82) is 0 Å². The van der Waals surface area contributed by atoms with Crippen LogP contribution in [0.3, 0.4) is 0 Å². The first kappa shape index (κ1) is 21.0. The standard InChI is InChI=1S/C22H23N3O5S/c1-15-23-22(30-24-15)18-6-3-4-7-20(18)31(27,28)13-5-8-21(26)25-12-11-16-9-10-17(29-2)14-19(16)25/h3-4,6-7,9-10,14H,5,8,11-13H2,1-2H3. The topological polar surface area (TPSA) is 103 Å². The minimum absolute atomic E-state index is 0.0944. The molecule has 1 amide bonds. The number of nitrogens with zero attached hydrogens (tertiary/aromatic N) is 3. The fraction of sp³-hybridized carbons (Fsp3) is 0.318. The lowest BCUT2D eigenvalue weighted by molar-refractivity contribution is -0.118. The molecule has 1 aliphatic heterocycles. The molecule has 0 saturated heterocycles. The van der Waals surface area contributed by atoms with E-state index in [0.717, 1.165) is 17.7 Å². The van der Waals surface area contributed by atoms with Crippen molar-refractivity contribution in [2.45, 2.75) is 31.1 Å². The Bertz CT molecular complexity index is 1220. The fourth-order valence-electron chi connectivity index (χ4n) is 3.72. The third kappa shape index (κ3) is 4.32. The van der Waals surface area contributed by atoms with Crippen LogP contribution in [-0.4, -0.2) is 43.9 Å². The van der Waals surface area contributed by atoms with E-state index in [4.69, 9.17) is 9.26 Å².